The molecule has 6 heteroatoms. The van der Waals surface area contributed by atoms with Gasteiger partial charge in [0.1, 0.15) is 10.3 Å². The number of aromatic nitrogens is 2. The molecule has 1 aliphatic carbocycles. The summed E-state index contributed by atoms with van der Waals surface area (Å²) in [5.41, 5.74) is 0.544. The topological polar surface area (TPSA) is 55.0 Å². The fourth-order valence-corrected chi connectivity index (χ4v) is 3.61. The SMILES string of the molecule is COCc1nc(CSC2CCCC2)[nH]c(=O)c1Br. The Morgan fingerprint density at radius 2 is 2.22 bits per heavy atom. The molecular weight excluding hydrogens is 316 g/mol. The van der Waals surface area contributed by atoms with E-state index >= 15 is 0 Å². The van der Waals surface area contributed by atoms with Gasteiger partial charge >= 0.3 is 0 Å². The normalized spacial score (nSPS) is 16.3. The molecule has 0 aliphatic heterocycles. The minimum absolute atomic E-state index is 0.126. The Kier molecular flexibility index (Phi) is 5.26. The second-order valence-electron chi connectivity index (χ2n) is 4.42. The molecule has 4 nitrogen and oxygen atoms in total. The number of rotatable bonds is 5. The lowest BCUT2D eigenvalue weighted by Crippen LogP contribution is -2.16. The smallest absolute Gasteiger partial charge is 0.265 e. The maximum absolute atomic E-state index is 11.7. The molecule has 0 radical (unpaired) electrons. The molecule has 0 saturated heterocycles. The fraction of sp³-hybridized carbons (Fsp3) is 0.667. The molecule has 1 aliphatic rings. The summed E-state index contributed by atoms with van der Waals surface area (Å²) >= 11 is 5.13. The van der Waals surface area contributed by atoms with Crippen LogP contribution in [-0.4, -0.2) is 22.3 Å². The average Bonchev–Trinajstić information content (AvgIpc) is 2.86. The standard InChI is InChI=1S/C12H17BrN2O2S/c1-17-6-9-11(13)12(16)15-10(14-9)7-18-8-4-2-3-5-8/h8H,2-7H2,1H3,(H,14,15,16). The predicted octanol–water partition coefficient (Wildman–Crippen LogP) is 2.85. The zero-order chi connectivity index (χ0) is 13.0. The third kappa shape index (κ3) is 3.59. The van der Waals surface area contributed by atoms with Crippen LogP contribution in [0.2, 0.25) is 0 Å². The van der Waals surface area contributed by atoms with Gasteiger partial charge in [-0.2, -0.15) is 11.8 Å². The van der Waals surface area contributed by atoms with Crippen LogP contribution in [-0.2, 0) is 17.1 Å². The first kappa shape index (κ1) is 14.1. The number of nitrogens with one attached hydrogen (secondary N) is 1. The minimum Gasteiger partial charge on any atom is -0.378 e. The van der Waals surface area contributed by atoms with Crippen LogP contribution in [0.3, 0.4) is 0 Å². The Morgan fingerprint density at radius 3 is 2.89 bits per heavy atom. The van der Waals surface area contributed by atoms with E-state index in [1.807, 2.05) is 11.8 Å². The Bertz CT molecular complexity index is 458. The molecule has 2 rings (SSSR count). The summed E-state index contributed by atoms with van der Waals surface area (Å²) in [4.78, 5) is 19.0. The van der Waals surface area contributed by atoms with Gasteiger partial charge < -0.3 is 9.72 Å². The zero-order valence-corrected chi connectivity index (χ0v) is 12.8. The number of H-pyrrole nitrogens is 1. The largest absolute Gasteiger partial charge is 0.378 e. The van der Waals surface area contributed by atoms with E-state index in [1.54, 1.807) is 7.11 Å². The molecule has 1 saturated carbocycles. The fourth-order valence-electron chi connectivity index (χ4n) is 2.11. The number of halogens is 1. The summed E-state index contributed by atoms with van der Waals surface area (Å²) in [7, 11) is 1.60. The van der Waals surface area contributed by atoms with Crippen molar-refractivity contribution in [2.75, 3.05) is 7.11 Å². The molecule has 100 valence electrons. The van der Waals surface area contributed by atoms with E-state index in [0.717, 1.165) is 16.8 Å². The Morgan fingerprint density at radius 1 is 1.50 bits per heavy atom. The number of ether oxygens (including phenoxy) is 1. The van der Waals surface area contributed by atoms with E-state index in [2.05, 4.69) is 25.9 Å². The molecule has 0 aromatic carbocycles. The number of hydrogen-bond donors (Lipinski definition) is 1. The summed E-state index contributed by atoms with van der Waals surface area (Å²) in [6.07, 6.45) is 5.24. The lowest BCUT2D eigenvalue weighted by molar-refractivity contribution is 0.180. The molecule has 0 unspecified atom stereocenters. The zero-order valence-electron chi connectivity index (χ0n) is 10.4. The Balaban J connectivity index is 2.05. The number of aromatic amines is 1. The Labute approximate surface area is 119 Å². The van der Waals surface area contributed by atoms with E-state index in [1.165, 1.54) is 25.7 Å². The van der Waals surface area contributed by atoms with Crippen LogP contribution in [0.1, 0.15) is 37.2 Å². The minimum atomic E-state index is -0.126. The molecule has 1 aromatic heterocycles. The second-order valence-corrected chi connectivity index (χ2v) is 6.51. The van der Waals surface area contributed by atoms with Gasteiger partial charge in [-0.15, -0.1) is 0 Å². The molecule has 0 atom stereocenters. The van der Waals surface area contributed by atoms with Gasteiger partial charge in [0.2, 0.25) is 0 Å². The lowest BCUT2D eigenvalue weighted by atomic mass is 10.4. The van der Waals surface area contributed by atoms with Gasteiger partial charge in [0.05, 0.1) is 18.1 Å². The molecule has 1 fully saturated rings. The number of hydrogen-bond acceptors (Lipinski definition) is 4. The highest BCUT2D eigenvalue weighted by Crippen LogP contribution is 2.30. The van der Waals surface area contributed by atoms with Crippen molar-refractivity contribution in [2.24, 2.45) is 0 Å². The summed E-state index contributed by atoms with van der Waals surface area (Å²) in [5, 5.41) is 0.727. The molecule has 1 heterocycles. The Hall–Kier alpha value is -0.330. The van der Waals surface area contributed by atoms with E-state index in [0.29, 0.717) is 16.8 Å². The van der Waals surface area contributed by atoms with E-state index in [9.17, 15) is 4.79 Å². The van der Waals surface area contributed by atoms with Crippen molar-refractivity contribution >= 4 is 27.7 Å². The number of methoxy groups -OCH3 is 1. The molecular formula is C12H17BrN2O2S. The van der Waals surface area contributed by atoms with Crippen molar-refractivity contribution in [1.82, 2.24) is 9.97 Å². The van der Waals surface area contributed by atoms with E-state index in [-0.39, 0.29) is 5.56 Å². The van der Waals surface area contributed by atoms with E-state index in [4.69, 9.17) is 4.74 Å². The van der Waals surface area contributed by atoms with Gasteiger partial charge in [-0.3, -0.25) is 4.79 Å². The highest BCUT2D eigenvalue weighted by molar-refractivity contribution is 9.10. The number of thioether (sulfide) groups is 1. The van der Waals surface area contributed by atoms with Gasteiger partial charge in [0.15, 0.2) is 0 Å². The highest BCUT2D eigenvalue weighted by atomic mass is 79.9. The van der Waals surface area contributed by atoms with Crippen LogP contribution < -0.4 is 5.56 Å². The predicted molar refractivity (Wildman–Crippen MR) is 76.8 cm³/mol. The van der Waals surface area contributed by atoms with Crippen molar-refractivity contribution in [3.8, 4) is 0 Å². The first-order valence-electron chi connectivity index (χ1n) is 6.09. The first-order valence-corrected chi connectivity index (χ1v) is 7.93. The maximum atomic E-state index is 11.7. The number of nitrogens with zero attached hydrogens (tertiary/aromatic N) is 1. The first-order chi connectivity index (χ1) is 8.70. The lowest BCUT2D eigenvalue weighted by Gasteiger charge is -2.09. The molecule has 0 spiro atoms. The van der Waals surface area contributed by atoms with Crippen molar-refractivity contribution < 1.29 is 4.74 Å². The van der Waals surface area contributed by atoms with Gasteiger partial charge in [-0.25, -0.2) is 4.98 Å². The van der Waals surface area contributed by atoms with Crippen LogP contribution in [0.4, 0.5) is 0 Å². The van der Waals surface area contributed by atoms with Crippen LogP contribution in [0.5, 0.6) is 0 Å². The summed E-state index contributed by atoms with van der Waals surface area (Å²) in [6.45, 7) is 0.353. The third-order valence-corrected chi connectivity index (χ3v) is 5.22. The summed E-state index contributed by atoms with van der Waals surface area (Å²) in [6, 6.07) is 0. The van der Waals surface area contributed by atoms with Crippen LogP contribution >= 0.6 is 27.7 Å². The van der Waals surface area contributed by atoms with E-state index < -0.39 is 0 Å². The second kappa shape index (κ2) is 6.73. The van der Waals surface area contributed by atoms with Gasteiger partial charge in [-0.1, -0.05) is 12.8 Å². The van der Waals surface area contributed by atoms with Crippen LogP contribution in [0.25, 0.3) is 0 Å². The van der Waals surface area contributed by atoms with Crippen LogP contribution in [0, 0.1) is 0 Å². The van der Waals surface area contributed by atoms with Crippen molar-refractivity contribution in [3.05, 3.63) is 26.3 Å². The quantitative estimate of drug-likeness (QED) is 0.900. The summed E-state index contributed by atoms with van der Waals surface area (Å²) in [5.74, 6) is 1.51. The molecule has 1 N–H and O–H groups in total. The molecule has 18 heavy (non-hydrogen) atoms. The van der Waals surface area contributed by atoms with Gasteiger partial charge in [-0.05, 0) is 28.8 Å². The van der Waals surface area contributed by atoms with Gasteiger partial charge in [0, 0.05) is 12.4 Å². The average molecular weight is 333 g/mol. The maximum Gasteiger partial charge on any atom is 0.265 e. The molecule has 0 bridgehead atoms. The molecule has 0 amide bonds. The van der Waals surface area contributed by atoms with Crippen molar-refractivity contribution in [1.29, 1.82) is 0 Å². The van der Waals surface area contributed by atoms with Gasteiger partial charge in [0.25, 0.3) is 5.56 Å². The molecule has 1 aromatic rings. The van der Waals surface area contributed by atoms with Crippen molar-refractivity contribution in [2.45, 2.75) is 43.3 Å². The third-order valence-electron chi connectivity index (χ3n) is 3.02. The highest BCUT2D eigenvalue weighted by Gasteiger charge is 2.16. The van der Waals surface area contributed by atoms with Crippen molar-refractivity contribution in [3.63, 3.8) is 0 Å². The summed E-state index contributed by atoms with van der Waals surface area (Å²) < 4.78 is 5.52. The monoisotopic (exact) mass is 332 g/mol. The van der Waals surface area contributed by atoms with Crippen LogP contribution in [0.15, 0.2) is 9.27 Å².